The van der Waals surface area contributed by atoms with Crippen LogP contribution in [-0.2, 0) is 0 Å². The van der Waals surface area contributed by atoms with Gasteiger partial charge >= 0.3 is 0 Å². The standard InChI is InChI=1S/C18H16Cl2N4OS/c1-11-8-17(21)24(26-11)18(22-13-4-3-5-14(10-13)25-2)23-16-9-12(19)6-7-15(16)20/h3-10,21H,1-2H3,(H,22,23). The van der Waals surface area contributed by atoms with Crippen molar-refractivity contribution in [3.05, 3.63) is 68.9 Å². The third kappa shape index (κ3) is 4.27. The minimum Gasteiger partial charge on any atom is -0.497 e. The summed E-state index contributed by atoms with van der Waals surface area (Å²) in [6.45, 7) is 1.94. The Balaban J connectivity index is 2.10. The predicted molar refractivity (Wildman–Crippen MR) is 108 cm³/mol. The molecule has 2 aromatic carbocycles. The molecule has 8 heteroatoms. The molecule has 3 aromatic rings. The molecule has 134 valence electrons. The summed E-state index contributed by atoms with van der Waals surface area (Å²) in [5.41, 5.74) is 1.61. The van der Waals surface area contributed by atoms with Crippen LogP contribution in [0.4, 0.5) is 11.4 Å². The van der Waals surface area contributed by atoms with Gasteiger partial charge in [-0.2, -0.15) is 0 Å². The number of ether oxygens (including phenoxy) is 1. The van der Waals surface area contributed by atoms with E-state index in [1.54, 1.807) is 35.3 Å². The van der Waals surface area contributed by atoms with E-state index >= 15 is 0 Å². The zero-order chi connectivity index (χ0) is 18.7. The number of rotatable bonds is 3. The van der Waals surface area contributed by atoms with Gasteiger partial charge in [-0.25, -0.2) is 8.95 Å². The quantitative estimate of drug-likeness (QED) is 0.457. The molecule has 1 aromatic heterocycles. The van der Waals surface area contributed by atoms with Gasteiger partial charge in [0.15, 0.2) is 0 Å². The number of benzene rings is 2. The molecule has 0 atom stereocenters. The van der Waals surface area contributed by atoms with Crippen LogP contribution in [0.15, 0.2) is 53.5 Å². The van der Waals surface area contributed by atoms with Gasteiger partial charge in [-0.05, 0) is 43.3 Å². The maximum Gasteiger partial charge on any atom is 0.223 e. The number of methoxy groups -OCH3 is 1. The average molecular weight is 407 g/mol. The first-order valence-electron chi connectivity index (χ1n) is 7.66. The summed E-state index contributed by atoms with van der Waals surface area (Å²) in [5, 5.41) is 12.4. The predicted octanol–water partition coefficient (Wildman–Crippen LogP) is 5.30. The number of nitrogens with zero attached hydrogens (tertiary/aromatic N) is 2. The lowest BCUT2D eigenvalue weighted by atomic mass is 10.3. The zero-order valence-corrected chi connectivity index (χ0v) is 16.4. The van der Waals surface area contributed by atoms with Crippen molar-refractivity contribution in [1.29, 1.82) is 5.41 Å². The number of halogens is 2. The van der Waals surface area contributed by atoms with E-state index in [1.165, 1.54) is 11.5 Å². The molecule has 0 saturated heterocycles. The summed E-state index contributed by atoms with van der Waals surface area (Å²) >= 11 is 13.7. The van der Waals surface area contributed by atoms with Gasteiger partial charge in [0.2, 0.25) is 5.96 Å². The maximum atomic E-state index is 8.20. The van der Waals surface area contributed by atoms with E-state index in [9.17, 15) is 0 Å². The molecular weight excluding hydrogens is 391 g/mol. The van der Waals surface area contributed by atoms with Crippen LogP contribution in [0.3, 0.4) is 0 Å². The fraction of sp³-hybridized carbons (Fsp3) is 0.111. The third-order valence-electron chi connectivity index (χ3n) is 3.45. The Morgan fingerprint density at radius 2 is 2.00 bits per heavy atom. The van der Waals surface area contributed by atoms with Gasteiger partial charge in [0.25, 0.3) is 0 Å². The van der Waals surface area contributed by atoms with Crippen LogP contribution in [-0.4, -0.2) is 17.0 Å². The van der Waals surface area contributed by atoms with Crippen LogP contribution >= 0.6 is 34.7 Å². The normalized spacial score (nSPS) is 11.5. The number of aromatic nitrogens is 1. The SMILES string of the molecule is COc1cccc(NC(=Nc2cc(Cl)ccc2Cl)n2sc(C)cc2=N)c1. The maximum absolute atomic E-state index is 8.20. The molecule has 1 heterocycles. The summed E-state index contributed by atoms with van der Waals surface area (Å²) in [7, 11) is 1.61. The van der Waals surface area contributed by atoms with Crippen molar-refractivity contribution in [2.24, 2.45) is 4.99 Å². The van der Waals surface area contributed by atoms with Gasteiger partial charge < -0.3 is 10.1 Å². The van der Waals surface area contributed by atoms with E-state index < -0.39 is 0 Å². The molecule has 0 fully saturated rings. The number of aliphatic imine (C=N–C) groups is 1. The first-order chi connectivity index (χ1) is 12.5. The molecule has 0 bridgehead atoms. The number of nitrogens with one attached hydrogen (secondary N) is 2. The van der Waals surface area contributed by atoms with E-state index in [-0.39, 0.29) is 0 Å². The van der Waals surface area contributed by atoms with Crippen molar-refractivity contribution in [3.63, 3.8) is 0 Å². The Bertz CT molecular complexity index is 1030. The van der Waals surface area contributed by atoms with Crippen LogP contribution in [0.2, 0.25) is 10.0 Å². The fourth-order valence-corrected chi connectivity index (χ4v) is 3.37. The number of hydrogen-bond donors (Lipinski definition) is 2. The Morgan fingerprint density at radius 3 is 2.69 bits per heavy atom. The highest BCUT2D eigenvalue weighted by Crippen LogP contribution is 2.29. The molecule has 0 amide bonds. The number of aryl methyl sites for hydroxylation is 1. The zero-order valence-electron chi connectivity index (χ0n) is 14.1. The van der Waals surface area contributed by atoms with Crippen LogP contribution < -0.4 is 15.5 Å². The monoisotopic (exact) mass is 406 g/mol. The van der Waals surface area contributed by atoms with E-state index in [4.69, 9.17) is 33.3 Å². The molecule has 0 saturated carbocycles. The van der Waals surface area contributed by atoms with Crippen molar-refractivity contribution in [2.45, 2.75) is 6.92 Å². The van der Waals surface area contributed by atoms with Gasteiger partial charge in [-0.1, -0.05) is 40.8 Å². The Kier molecular flexibility index (Phi) is 5.66. The first-order valence-corrected chi connectivity index (χ1v) is 9.19. The Morgan fingerprint density at radius 1 is 1.19 bits per heavy atom. The lowest BCUT2D eigenvalue weighted by Crippen LogP contribution is -2.28. The highest BCUT2D eigenvalue weighted by molar-refractivity contribution is 7.07. The summed E-state index contributed by atoms with van der Waals surface area (Å²) in [4.78, 5) is 5.61. The van der Waals surface area contributed by atoms with Crippen molar-refractivity contribution >= 4 is 52.1 Å². The summed E-state index contributed by atoms with van der Waals surface area (Å²) in [6.07, 6.45) is 0. The highest BCUT2D eigenvalue weighted by Gasteiger charge is 2.10. The summed E-state index contributed by atoms with van der Waals surface area (Å²) in [6, 6.07) is 14.3. The molecule has 5 nitrogen and oxygen atoms in total. The van der Waals surface area contributed by atoms with Gasteiger partial charge in [0.1, 0.15) is 11.2 Å². The molecule has 0 aliphatic heterocycles. The van der Waals surface area contributed by atoms with Crippen LogP contribution in [0, 0.1) is 12.3 Å². The van der Waals surface area contributed by atoms with Gasteiger partial charge in [-0.15, -0.1) is 0 Å². The second-order valence-corrected chi connectivity index (χ2v) is 7.45. The average Bonchev–Trinajstić information content (AvgIpc) is 2.96. The highest BCUT2D eigenvalue weighted by atomic mass is 35.5. The molecule has 26 heavy (non-hydrogen) atoms. The summed E-state index contributed by atoms with van der Waals surface area (Å²) < 4.78 is 6.95. The van der Waals surface area contributed by atoms with Crippen LogP contribution in [0.25, 0.3) is 0 Å². The minimum absolute atomic E-state index is 0.319. The van der Waals surface area contributed by atoms with Gasteiger partial charge in [0.05, 0.1) is 17.8 Å². The van der Waals surface area contributed by atoms with Crippen molar-refractivity contribution in [3.8, 4) is 5.75 Å². The molecule has 3 rings (SSSR count). The third-order valence-corrected chi connectivity index (χ3v) is 4.96. The molecular formula is C18H16Cl2N4OS. The van der Waals surface area contributed by atoms with E-state index in [1.807, 2.05) is 31.2 Å². The Hall–Kier alpha value is -2.28. The minimum atomic E-state index is 0.319. The smallest absolute Gasteiger partial charge is 0.223 e. The molecule has 0 unspecified atom stereocenters. The molecule has 2 N–H and O–H groups in total. The van der Waals surface area contributed by atoms with Gasteiger partial charge in [0, 0.05) is 21.7 Å². The second kappa shape index (κ2) is 7.95. The molecule has 0 aliphatic rings. The van der Waals surface area contributed by atoms with Crippen molar-refractivity contribution in [2.75, 3.05) is 12.4 Å². The van der Waals surface area contributed by atoms with Crippen LogP contribution in [0.1, 0.15) is 4.88 Å². The molecule has 0 radical (unpaired) electrons. The largest absolute Gasteiger partial charge is 0.497 e. The van der Waals surface area contributed by atoms with E-state index in [0.29, 0.717) is 32.9 Å². The lowest BCUT2D eigenvalue weighted by molar-refractivity contribution is 0.415. The number of hydrogen-bond acceptors (Lipinski definition) is 4. The lowest BCUT2D eigenvalue weighted by Gasteiger charge is -2.12. The molecule has 0 spiro atoms. The first kappa shape index (κ1) is 18.5. The van der Waals surface area contributed by atoms with Crippen LogP contribution in [0.5, 0.6) is 5.75 Å². The number of anilines is 1. The Labute approximate surface area is 165 Å². The van der Waals surface area contributed by atoms with E-state index in [2.05, 4.69) is 10.3 Å². The van der Waals surface area contributed by atoms with Crippen molar-refractivity contribution < 1.29 is 4.74 Å². The summed E-state index contributed by atoms with van der Waals surface area (Å²) in [5.74, 6) is 1.17. The molecule has 0 aliphatic carbocycles. The topological polar surface area (TPSA) is 62.4 Å². The van der Waals surface area contributed by atoms with Gasteiger partial charge in [-0.3, -0.25) is 5.41 Å². The second-order valence-electron chi connectivity index (χ2n) is 5.41. The fourth-order valence-electron chi connectivity index (χ4n) is 2.27. The van der Waals surface area contributed by atoms with Crippen molar-refractivity contribution in [1.82, 2.24) is 3.96 Å². The van der Waals surface area contributed by atoms with E-state index in [0.717, 1.165) is 10.6 Å².